The lowest BCUT2D eigenvalue weighted by Gasteiger charge is -2.32. The van der Waals surface area contributed by atoms with Crippen molar-refractivity contribution in [2.45, 2.75) is 38.8 Å². The second kappa shape index (κ2) is 7.73. The standard InChI is InChI=1S/C20H24N6O/c1-16-6-10-26(23-16)15-19(27)24-9-3-5-18(14-24)20-22-8-11-25(20)13-17-4-2-7-21-12-17/h2,4,6-8,10-12,18H,3,5,9,13-15H2,1H3/t18-/m1/s1. The van der Waals surface area contributed by atoms with Crippen molar-refractivity contribution in [2.24, 2.45) is 0 Å². The summed E-state index contributed by atoms with van der Waals surface area (Å²) < 4.78 is 3.89. The normalized spacial score (nSPS) is 17.2. The van der Waals surface area contributed by atoms with E-state index in [0.29, 0.717) is 13.1 Å². The number of rotatable bonds is 5. The fraction of sp³-hybridized carbons (Fsp3) is 0.400. The van der Waals surface area contributed by atoms with Crippen LogP contribution in [0.15, 0.2) is 49.2 Å². The van der Waals surface area contributed by atoms with Crippen molar-refractivity contribution in [2.75, 3.05) is 13.1 Å². The highest BCUT2D eigenvalue weighted by Crippen LogP contribution is 2.26. The Balaban J connectivity index is 1.44. The average Bonchev–Trinajstić information content (AvgIpc) is 3.31. The summed E-state index contributed by atoms with van der Waals surface area (Å²) in [6.45, 7) is 4.49. The number of hydrogen-bond acceptors (Lipinski definition) is 4. The van der Waals surface area contributed by atoms with E-state index < -0.39 is 0 Å². The van der Waals surface area contributed by atoms with Crippen LogP contribution in [0.1, 0.15) is 35.8 Å². The van der Waals surface area contributed by atoms with Crippen LogP contribution in [0.4, 0.5) is 0 Å². The van der Waals surface area contributed by atoms with Crippen molar-refractivity contribution in [3.63, 3.8) is 0 Å². The topological polar surface area (TPSA) is 68.8 Å². The van der Waals surface area contributed by atoms with Crippen molar-refractivity contribution in [3.05, 3.63) is 66.3 Å². The van der Waals surface area contributed by atoms with Crippen LogP contribution in [-0.2, 0) is 17.9 Å². The first-order chi connectivity index (χ1) is 13.2. The predicted molar refractivity (Wildman–Crippen MR) is 101 cm³/mol. The quantitative estimate of drug-likeness (QED) is 0.696. The molecule has 7 heteroatoms. The van der Waals surface area contributed by atoms with Gasteiger partial charge < -0.3 is 9.47 Å². The summed E-state index contributed by atoms with van der Waals surface area (Å²) in [6.07, 6.45) is 11.4. The minimum atomic E-state index is 0.119. The van der Waals surface area contributed by atoms with Crippen LogP contribution in [0.25, 0.3) is 0 Å². The predicted octanol–water partition coefficient (Wildman–Crippen LogP) is 2.24. The highest BCUT2D eigenvalue weighted by molar-refractivity contribution is 5.76. The van der Waals surface area contributed by atoms with E-state index in [-0.39, 0.29) is 11.8 Å². The summed E-state index contributed by atoms with van der Waals surface area (Å²) in [4.78, 5) is 23.4. The zero-order chi connectivity index (χ0) is 18.6. The molecule has 0 N–H and O–H groups in total. The first kappa shape index (κ1) is 17.5. The molecule has 0 radical (unpaired) electrons. The van der Waals surface area contributed by atoms with E-state index in [1.54, 1.807) is 10.9 Å². The van der Waals surface area contributed by atoms with Crippen molar-refractivity contribution in [1.29, 1.82) is 0 Å². The number of aromatic nitrogens is 5. The molecule has 0 aromatic carbocycles. The van der Waals surface area contributed by atoms with Gasteiger partial charge in [0.2, 0.25) is 5.91 Å². The van der Waals surface area contributed by atoms with Crippen molar-refractivity contribution < 1.29 is 4.79 Å². The molecule has 1 amide bonds. The molecular weight excluding hydrogens is 340 g/mol. The van der Waals surface area contributed by atoms with E-state index in [9.17, 15) is 4.79 Å². The Labute approximate surface area is 158 Å². The minimum absolute atomic E-state index is 0.119. The molecule has 3 aromatic heterocycles. The maximum absolute atomic E-state index is 12.7. The molecule has 1 saturated heterocycles. The van der Waals surface area contributed by atoms with Gasteiger partial charge in [0.25, 0.3) is 0 Å². The number of carbonyl (C=O) groups is 1. The van der Waals surface area contributed by atoms with Gasteiger partial charge in [0.1, 0.15) is 12.4 Å². The summed E-state index contributed by atoms with van der Waals surface area (Å²) in [5.41, 5.74) is 2.08. The van der Waals surface area contributed by atoms with E-state index in [1.165, 1.54) is 0 Å². The Kier molecular flexibility index (Phi) is 5.00. The van der Waals surface area contributed by atoms with Crippen molar-refractivity contribution >= 4 is 5.91 Å². The number of piperidine rings is 1. The molecule has 3 aromatic rings. The van der Waals surface area contributed by atoms with E-state index in [4.69, 9.17) is 0 Å². The monoisotopic (exact) mass is 364 g/mol. The smallest absolute Gasteiger partial charge is 0.244 e. The van der Waals surface area contributed by atoms with Gasteiger partial charge in [-0.15, -0.1) is 0 Å². The molecule has 4 rings (SSSR count). The maximum Gasteiger partial charge on any atom is 0.244 e. The number of carbonyl (C=O) groups excluding carboxylic acids is 1. The molecule has 1 aliphatic heterocycles. The van der Waals surface area contributed by atoms with E-state index in [0.717, 1.165) is 43.0 Å². The molecule has 1 atom stereocenters. The van der Waals surface area contributed by atoms with Gasteiger partial charge in [-0.3, -0.25) is 14.5 Å². The van der Waals surface area contributed by atoms with Crippen molar-refractivity contribution in [3.8, 4) is 0 Å². The number of imidazole rings is 1. The third kappa shape index (κ3) is 4.07. The number of likely N-dealkylation sites (tertiary alicyclic amines) is 1. The first-order valence-corrected chi connectivity index (χ1v) is 9.37. The van der Waals surface area contributed by atoms with Crippen LogP contribution < -0.4 is 0 Å². The number of pyridine rings is 1. The van der Waals surface area contributed by atoms with Crippen LogP contribution in [0, 0.1) is 6.92 Å². The molecule has 1 aliphatic rings. The highest BCUT2D eigenvalue weighted by Gasteiger charge is 2.27. The van der Waals surface area contributed by atoms with Crippen LogP contribution in [0.5, 0.6) is 0 Å². The number of hydrogen-bond donors (Lipinski definition) is 0. The summed E-state index contributed by atoms with van der Waals surface area (Å²) in [5.74, 6) is 1.42. The fourth-order valence-electron chi connectivity index (χ4n) is 3.71. The molecule has 0 aliphatic carbocycles. The Morgan fingerprint density at radius 2 is 2.19 bits per heavy atom. The number of amides is 1. The molecule has 0 spiro atoms. The van der Waals surface area contributed by atoms with Crippen molar-refractivity contribution in [1.82, 2.24) is 29.2 Å². The van der Waals surface area contributed by atoms with Gasteiger partial charge in [-0.05, 0) is 37.5 Å². The minimum Gasteiger partial charge on any atom is -0.340 e. The van der Waals surface area contributed by atoms with Crippen LogP contribution in [0.3, 0.4) is 0 Å². The molecule has 0 unspecified atom stereocenters. The van der Waals surface area contributed by atoms with Gasteiger partial charge >= 0.3 is 0 Å². The van der Waals surface area contributed by atoms with E-state index >= 15 is 0 Å². The molecule has 140 valence electrons. The second-order valence-corrected chi connectivity index (χ2v) is 7.11. The largest absolute Gasteiger partial charge is 0.340 e. The summed E-state index contributed by atoms with van der Waals surface area (Å²) in [7, 11) is 0. The molecule has 4 heterocycles. The zero-order valence-corrected chi connectivity index (χ0v) is 15.5. The summed E-state index contributed by atoms with van der Waals surface area (Å²) in [5, 5.41) is 4.32. The van der Waals surface area contributed by atoms with Gasteiger partial charge in [-0.1, -0.05) is 6.07 Å². The summed E-state index contributed by atoms with van der Waals surface area (Å²) in [6, 6.07) is 5.94. The Hall–Kier alpha value is -2.96. The maximum atomic E-state index is 12.7. The van der Waals surface area contributed by atoms with Gasteiger partial charge in [0.15, 0.2) is 0 Å². The lowest BCUT2D eigenvalue weighted by atomic mass is 9.97. The third-order valence-corrected chi connectivity index (χ3v) is 5.03. The van der Waals surface area contributed by atoms with Gasteiger partial charge in [-0.2, -0.15) is 5.10 Å². The third-order valence-electron chi connectivity index (χ3n) is 5.03. The average molecular weight is 364 g/mol. The zero-order valence-electron chi connectivity index (χ0n) is 15.5. The van der Waals surface area contributed by atoms with E-state index in [1.807, 2.05) is 48.7 Å². The number of aryl methyl sites for hydroxylation is 1. The lowest BCUT2D eigenvalue weighted by molar-refractivity contribution is -0.133. The Morgan fingerprint density at radius 1 is 1.26 bits per heavy atom. The molecule has 7 nitrogen and oxygen atoms in total. The SMILES string of the molecule is Cc1ccn(CC(=O)N2CCC[C@@H](c3nccn3Cc3cccnc3)C2)n1. The van der Waals surface area contributed by atoms with Gasteiger partial charge in [-0.25, -0.2) is 4.98 Å². The van der Waals surface area contributed by atoms with Gasteiger partial charge in [0, 0.05) is 50.0 Å². The molecular formula is C20H24N6O. The number of nitrogens with zero attached hydrogens (tertiary/aromatic N) is 6. The van der Waals surface area contributed by atoms with Crippen LogP contribution in [0.2, 0.25) is 0 Å². The highest BCUT2D eigenvalue weighted by atomic mass is 16.2. The molecule has 0 saturated carbocycles. The molecule has 27 heavy (non-hydrogen) atoms. The summed E-state index contributed by atoms with van der Waals surface area (Å²) >= 11 is 0. The van der Waals surface area contributed by atoms with E-state index in [2.05, 4.69) is 25.7 Å². The second-order valence-electron chi connectivity index (χ2n) is 7.11. The van der Waals surface area contributed by atoms with Crippen LogP contribution in [-0.4, -0.2) is 48.2 Å². The molecule has 1 fully saturated rings. The Bertz CT molecular complexity index is 900. The van der Waals surface area contributed by atoms with Crippen LogP contribution >= 0.6 is 0 Å². The fourth-order valence-corrected chi connectivity index (χ4v) is 3.71. The lowest BCUT2D eigenvalue weighted by Crippen LogP contribution is -2.41. The molecule has 0 bridgehead atoms. The first-order valence-electron chi connectivity index (χ1n) is 9.37. The Morgan fingerprint density at radius 3 is 2.96 bits per heavy atom. The van der Waals surface area contributed by atoms with Gasteiger partial charge in [0.05, 0.1) is 12.2 Å².